The Morgan fingerprint density at radius 1 is 1.24 bits per heavy atom. The van der Waals surface area contributed by atoms with E-state index >= 15 is 0 Å². The van der Waals surface area contributed by atoms with Gasteiger partial charge in [0.25, 0.3) is 0 Å². The van der Waals surface area contributed by atoms with Crippen molar-refractivity contribution in [3.8, 4) is 11.5 Å². The van der Waals surface area contributed by atoms with Gasteiger partial charge in [-0.15, -0.1) is 0 Å². The van der Waals surface area contributed by atoms with Crippen LogP contribution in [0.25, 0.3) is 0 Å². The number of carbonyl (C=O) groups excluding carboxylic acids is 1. The molecule has 3 aromatic rings. The summed E-state index contributed by atoms with van der Waals surface area (Å²) in [5.41, 5.74) is 3.05. The van der Waals surface area contributed by atoms with E-state index in [1.165, 1.54) is 5.56 Å². The van der Waals surface area contributed by atoms with Gasteiger partial charge in [-0.1, -0.05) is 36.4 Å². The molecule has 5 nitrogen and oxygen atoms in total. The second kappa shape index (κ2) is 6.43. The summed E-state index contributed by atoms with van der Waals surface area (Å²) in [6, 6.07) is 15.8. The number of fused-ring (bicyclic) bond motifs is 1. The smallest absolute Gasteiger partial charge is 0.312 e. The van der Waals surface area contributed by atoms with E-state index < -0.39 is 0 Å². The number of hydrogen-bond donors (Lipinski definition) is 0. The molecule has 0 radical (unpaired) electrons. The highest BCUT2D eigenvalue weighted by atomic mass is 16.5. The number of hydrogen-bond acceptors (Lipinski definition) is 4. The molecule has 2 heterocycles. The Hall–Kier alpha value is -3.08. The van der Waals surface area contributed by atoms with E-state index in [1.807, 2.05) is 47.4 Å². The Morgan fingerprint density at radius 3 is 2.88 bits per heavy atom. The molecule has 5 heteroatoms. The highest BCUT2D eigenvalue weighted by molar-refractivity contribution is 5.77. The van der Waals surface area contributed by atoms with E-state index in [0.29, 0.717) is 17.9 Å². The normalized spacial score (nSPS) is 16.2. The number of benzene rings is 2. The predicted octanol–water partition coefficient (Wildman–Crippen LogP) is 3.38. The molecule has 0 saturated carbocycles. The number of imidazole rings is 1. The van der Waals surface area contributed by atoms with Gasteiger partial charge in [0, 0.05) is 30.3 Å². The van der Waals surface area contributed by atoms with Crippen molar-refractivity contribution in [2.24, 2.45) is 0 Å². The summed E-state index contributed by atoms with van der Waals surface area (Å²) in [5, 5.41) is 0. The molecule has 4 rings (SSSR count). The fraction of sp³-hybridized carbons (Fsp3) is 0.200. The molecular formula is C20H18N2O3. The molecule has 1 aliphatic heterocycles. The number of carbonyl (C=O) groups is 1. The molecule has 126 valence electrons. The van der Waals surface area contributed by atoms with Crippen LogP contribution in [0.4, 0.5) is 0 Å². The largest absolute Gasteiger partial charge is 0.497 e. The number of nitrogens with zero attached hydrogens (tertiary/aromatic N) is 2. The van der Waals surface area contributed by atoms with Crippen LogP contribution in [0.1, 0.15) is 29.2 Å². The predicted molar refractivity (Wildman–Crippen MR) is 92.9 cm³/mol. The van der Waals surface area contributed by atoms with Crippen LogP contribution in [0.2, 0.25) is 0 Å². The van der Waals surface area contributed by atoms with Gasteiger partial charge in [0.15, 0.2) is 0 Å². The minimum Gasteiger partial charge on any atom is -0.497 e. The third-order valence-corrected chi connectivity index (χ3v) is 4.41. The van der Waals surface area contributed by atoms with Crippen molar-refractivity contribution in [1.29, 1.82) is 0 Å². The second-order valence-corrected chi connectivity index (χ2v) is 6.09. The fourth-order valence-electron chi connectivity index (χ4n) is 3.16. The summed E-state index contributed by atoms with van der Waals surface area (Å²) >= 11 is 0. The van der Waals surface area contributed by atoms with E-state index in [9.17, 15) is 4.79 Å². The topological polar surface area (TPSA) is 53.4 Å². The van der Waals surface area contributed by atoms with Gasteiger partial charge in [-0.3, -0.25) is 4.79 Å². The van der Waals surface area contributed by atoms with Crippen molar-refractivity contribution >= 4 is 5.97 Å². The van der Waals surface area contributed by atoms with Crippen LogP contribution in [0, 0.1) is 0 Å². The first-order valence-corrected chi connectivity index (χ1v) is 8.17. The van der Waals surface area contributed by atoms with Crippen molar-refractivity contribution < 1.29 is 14.3 Å². The van der Waals surface area contributed by atoms with Crippen LogP contribution in [0.3, 0.4) is 0 Å². The zero-order valence-corrected chi connectivity index (χ0v) is 13.9. The Bertz CT molecular complexity index is 902. The van der Waals surface area contributed by atoms with Crippen molar-refractivity contribution in [1.82, 2.24) is 9.55 Å². The molecule has 0 aliphatic carbocycles. The van der Waals surface area contributed by atoms with Gasteiger partial charge < -0.3 is 14.0 Å². The zero-order valence-electron chi connectivity index (χ0n) is 13.9. The SMILES string of the molecule is COc1ccc2c(c1)OC(=O)CC2c1cn(Cc2ccccc2)cn1. The van der Waals surface area contributed by atoms with Gasteiger partial charge in [0.05, 0.1) is 25.6 Å². The second-order valence-electron chi connectivity index (χ2n) is 6.09. The molecule has 1 atom stereocenters. The van der Waals surface area contributed by atoms with Crippen LogP contribution in [-0.4, -0.2) is 22.6 Å². The average molecular weight is 334 g/mol. The molecule has 25 heavy (non-hydrogen) atoms. The van der Waals surface area contributed by atoms with E-state index in [-0.39, 0.29) is 11.9 Å². The number of esters is 1. The summed E-state index contributed by atoms with van der Waals surface area (Å²) in [7, 11) is 1.59. The van der Waals surface area contributed by atoms with Crippen molar-refractivity contribution in [2.45, 2.75) is 18.9 Å². The van der Waals surface area contributed by atoms with Crippen LogP contribution < -0.4 is 9.47 Å². The standard InChI is InChI=1S/C20H18N2O3/c1-24-15-7-8-16-17(10-20(23)25-19(16)9-15)18-12-22(13-21-18)11-14-5-3-2-4-6-14/h2-9,12-13,17H,10-11H2,1H3. The molecule has 0 fully saturated rings. The maximum absolute atomic E-state index is 12.0. The average Bonchev–Trinajstić information content (AvgIpc) is 3.09. The van der Waals surface area contributed by atoms with Gasteiger partial charge >= 0.3 is 5.97 Å². The number of ether oxygens (including phenoxy) is 2. The molecule has 0 saturated heterocycles. The molecule has 0 spiro atoms. The minimum absolute atomic E-state index is 0.0980. The maximum atomic E-state index is 12.0. The first-order valence-electron chi connectivity index (χ1n) is 8.17. The lowest BCUT2D eigenvalue weighted by Gasteiger charge is -2.23. The number of rotatable bonds is 4. The number of methoxy groups -OCH3 is 1. The van der Waals surface area contributed by atoms with E-state index in [0.717, 1.165) is 17.8 Å². The molecule has 1 aliphatic rings. The highest BCUT2D eigenvalue weighted by Gasteiger charge is 2.30. The lowest BCUT2D eigenvalue weighted by molar-refractivity contribution is -0.135. The van der Waals surface area contributed by atoms with Crippen molar-refractivity contribution in [3.05, 3.63) is 77.9 Å². The summed E-state index contributed by atoms with van der Waals surface area (Å²) in [6.07, 6.45) is 4.11. The number of aromatic nitrogens is 2. The van der Waals surface area contributed by atoms with Gasteiger partial charge in [-0.25, -0.2) is 4.98 Å². The van der Waals surface area contributed by atoms with Crippen LogP contribution in [-0.2, 0) is 11.3 Å². The molecule has 1 aromatic heterocycles. The summed E-state index contributed by atoms with van der Waals surface area (Å²) in [5.74, 6) is 0.877. The fourth-order valence-corrected chi connectivity index (χ4v) is 3.16. The lowest BCUT2D eigenvalue weighted by atomic mass is 9.90. The van der Waals surface area contributed by atoms with E-state index in [1.54, 1.807) is 13.2 Å². The molecule has 0 bridgehead atoms. The lowest BCUT2D eigenvalue weighted by Crippen LogP contribution is -2.21. The van der Waals surface area contributed by atoms with Crippen molar-refractivity contribution in [3.63, 3.8) is 0 Å². The van der Waals surface area contributed by atoms with Gasteiger partial charge in [0.1, 0.15) is 11.5 Å². The zero-order chi connectivity index (χ0) is 17.2. The molecule has 1 unspecified atom stereocenters. The third-order valence-electron chi connectivity index (χ3n) is 4.41. The Labute approximate surface area is 145 Å². The Kier molecular flexibility index (Phi) is 3.98. The van der Waals surface area contributed by atoms with Gasteiger partial charge in [-0.2, -0.15) is 0 Å². The van der Waals surface area contributed by atoms with Gasteiger partial charge in [0.2, 0.25) is 0 Å². The summed E-state index contributed by atoms with van der Waals surface area (Å²) in [4.78, 5) is 16.5. The summed E-state index contributed by atoms with van der Waals surface area (Å²) in [6.45, 7) is 0.750. The minimum atomic E-state index is -0.247. The first kappa shape index (κ1) is 15.4. The quantitative estimate of drug-likeness (QED) is 0.542. The van der Waals surface area contributed by atoms with Crippen LogP contribution in [0.5, 0.6) is 11.5 Å². The van der Waals surface area contributed by atoms with Crippen molar-refractivity contribution in [2.75, 3.05) is 7.11 Å². The van der Waals surface area contributed by atoms with E-state index in [4.69, 9.17) is 9.47 Å². The summed E-state index contributed by atoms with van der Waals surface area (Å²) < 4.78 is 12.6. The van der Waals surface area contributed by atoms with Crippen LogP contribution >= 0.6 is 0 Å². The third kappa shape index (κ3) is 3.13. The highest BCUT2D eigenvalue weighted by Crippen LogP contribution is 2.39. The van der Waals surface area contributed by atoms with E-state index in [2.05, 4.69) is 17.1 Å². The molecule has 2 aromatic carbocycles. The molecule has 0 amide bonds. The van der Waals surface area contributed by atoms with Gasteiger partial charge in [-0.05, 0) is 11.6 Å². The van der Waals surface area contributed by atoms with Crippen LogP contribution in [0.15, 0.2) is 61.1 Å². The maximum Gasteiger partial charge on any atom is 0.312 e. The molecular weight excluding hydrogens is 316 g/mol. The monoisotopic (exact) mass is 334 g/mol. The molecule has 0 N–H and O–H groups in total. The first-order chi connectivity index (χ1) is 12.2. The Balaban J connectivity index is 1.63. The Morgan fingerprint density at radius 2 is 2.08 bits per heavy atom.